The summed E-state index contributed by atoms with van der Waals surface area (Å²) in [7, 11) is 0. The van der Waals surface area contributed by atoms with Crippen molar-refractivity contribution in [3.05, 3.63) is 0 Å². The molecule has 4 heteroatoms. The maximum Gasteiger partial charge on any atom is 0.306 e. The molecule has 4 nitrogen and oxygen atoms in total. The fourth-order valence-electron chi connectivity index (χ4n) is 4.77. The van der Waals surface area contributed by atoms with Gasteiger partial charge in [-0.25, -0.2) is 0 Å². The molecule has 1 unspecified atom stereocenters. The second-order valence-corrected chi connectivity index (χ2v) is 10.7. The highest BCUT2D eigenvalue weighted by atomic mass is 16.5. The van der Waals surface area contributed by atoms with Gasteiger partial charge in [0, 0.05) is 12.8 Å². The van der Waals surface area contributed by atoms with Gasteiger partial charge in [-0.15, -0.1) is 0 Å². The molecule has 1 N–H and O–H groups in total. The summed E-state index contributed by atoms with van der Waals surface area (Å²) >= 11 is 0. The summed E-state index contributed by atoms with van der Waals surface area (Å²) in [6, 6.07) is 0. The highest BCUT2D eigenvalue weighted by molar-refractivity contribution is 5.69. The number of unbranched alkanes of at least 4 members (excludes halogenated alkanes) is 19. The molecule has 0 saturated heterocycles. The van der Waals surface area contributed by atoms with Gasteiger partial charge >= 0.3 is 11.9 Å². The zero-order chi connectivity index (χ0) is 25.8. The highest BCUT2D eigenvalue weighted by Gasteiger charge is 2.14. The van der Waals surface area contributed by atoms with Crippen molar-refractivity contribution in [2.45, 2.75) is 187 Å². The lowest BCUT2D eigenvalue weighted by molar-refractivity contribution is -0.150. The van der Waals surface area contributed by atoms with E-state index in [1.54, 1.807) is 0 Å². The zero-order valence-electron chi connectivity index (χ0n) is 23.6. The SMILES string of the molecule is CCCCCCCCCCCCCC(=O)OC(CCCCCCC)CCCCCCCCC(=O)O. The Morgan fingerprint density at radius 3 is 1.26 bits per heavy atom. The summed E-state index contributed by atoms with van der Waals surface area (Å²) < 4.78 is 5.92. The maximum atomic E-state index is 12.4. The molecule has 0 aliphatic carbocycles. The van der Waals surface area contributed by atoms with Crippen LogP contribution in [0.3, 0.4) is 0 Å². The number of aliphatic carboxylic acids is 1. The second kappa shape index (κ2) is 27.5. The fraction of sp³-hybridized carbons (Fsp3) is 0.935. The minimum Gasteiger partial charge on any atom is -0.481 e. The second-order valence-electron chi connectivity index (χ2n) is 10.7. The first-order valence-electron chi connectivity index (χ1n) is 15.5. The predicted molar refractivity (Wildman–Crippen MR) is 149 cm³/mol. The number of carbonyl (C=O) groups excluding carboxylic acids is 1. The summed E-state index contributed by atoms with van der Waals surface area (Å²) in [5.74, 6) is -0.685. The van der Waals surface area contributed by atoms with E-state index >= 15 is 0 Å². The van der Waals surface area contributed by atoms with E-state index in [1.807, 2.05) is 0 Å². The molecule has 0 aliphatic heterocycles. The molecule has 0 rings (SSSR count). The molecule has 208 valence electrons. The lowest BCUT2D eigenvalue weighted by Crippen LogP contribution is -2.18. The number of carboxylic acid groups (broad SMARTS) is 1. The van der Waals surface area contributed by atoms with Crippen LogP contribution in [0, 0.1) is 0 Å². The van der Waals surface area contributed by atoms with Crippen LogP contribution in [-0.2, 0) is 14.3 Å². The van der Waals surface area contributed by atoms with Crippen molar-refractivity contribution >= 4 is 11.9 Å². The van der Waals surface area contributed by atoms with Crippen LogP contribution in [-0.4, -0.2) is 23.1 Å². The number of rotatable bonds is 28. The van der Waals surface area contributed by atoms with Crippen LogP contribution in [0.4, 0.5) is 0 Å². The van der Waals surface area contributed by atoms with E-state index in [4.69, 9.17) is 9.84 Å². The topological polar surface area (TPSA) is 63.6 Å². The number of carbonyl (C=O) groups is 2. The average Bonchev–Trinajstić information content (AvgIpc) is 2.83. The quantitative estimate of drug-likeness (QED) is 0.0864. The van der Waals surface area contributed by atoms with E-state index in [-0.39, 0.29) is 18.5 Å². The van der Waals surface area contributed by atoms with Crippen LogP contribution in [0.5, 0.6) is 0 Å². The molecule has 0 aliphatic rings. The number of ether oxygens (including phenoxy) is 1. The molecule has 0 aromatic rings. The Bertz CT molecular complexity index is 463. The molecule has 35 heavy (non-hydrogen) atoms. The van der Waals surface area contributed by atoms with Crippen molar-refractivity contribution in [2.24, 2.45) is 0 Å². The lowest BCUT2D eigenvalue weighted by atomic mass is 10.0. The summed E-state index contributed by atoms with van der Waals surface area (Å²) in [6.07, 6.45) is 29.7. The van der Waals surface area contributed by atoms with E-state index in [0.717, 1.165) is 70.6 Å². The van der Waals surface area contributed by atoms with Crippen molar-refractivity contribution in [1.82, 2.24) is 0 Å². The van der Waals surface area contributed by atoms with Crippen molar-refractivity contribution in [1.29, 1.82) is 0 Å². The third kappa shape index (κ3) is 27.4. The Kier molecular flexibility index (Phi) is 26.7. The molecule has 0 bridgehead atoms. The minimum atomic E-state index is -0.693. The van der Waals surface area contributed by atoms with Gasteiger partial charge in [-0.3, -0.25) is 9.59 Å². The summed E-state index contributed by atoms with van der Waals surface area (Å²) in [4.78, 5) is 23.0. The number of hydrogen-bond donors (Lipinski definition) is 1. The standard InChI is InChI=1S/C31H60O4/c1-3-5-7-9-10-11-12-13-14-20-24-28-31(34)35-29(25-21-17-8-6-4-2)26-22-18-15-16-19-23-27-30(32)33/h29H,3-28H2,1-2H3,(H,32,33). The lowest BCUT2D eigenvalue weighted by Gasteiger charge is -2.18. The van der Waals surface area contributed by atoms with E-state index in [9.17, 15) is 9.59 Å². The van der Waals surface area contributed by atoms with Gasteiger partial charge in [0.05, 0.1) is 0 Å². The average molecular weight is 497 g/mol. The molecular formula is C31H60O4. The first-order valence-corrected chi connectivity index (χ1v) is 15.5. The fourth-order valence-corrected chi connectivity index (χ4v) is 4.77. The van der Waals surface area contributed by atoms with Crippen molar-refractivity contribution in [2.75, 3.05) is 0 Å². The molecular weight excluding hydrogens is 436 g/mol. The largest absolute Gasteiger partial charge is 0.481 e. The van der Waals surface area contributed by atoms with Gasteiger partial charge in [0.2, 0.25) is 0 Å². The van der Waals surface area contributed by atoms with E-state index in [1.165, 1.54) is 83.5 Å². The summed E-state index contributed by atoms with van der Waals surface area (Å²) in [5, 5.41) is 8.71. The molecule has 0 heterocycles. The maximum absolute atomic E-state index is 12.4. The highest BCUT2D eigenvalue weighted by Crippen LogP contribution is 2.18. The van der Waals surface area contributed by atoms with Crippen molar-refractivity contribution in [3.8, 4) is 0 Å². The number of esters is 1. The van der Waals surface area contributed by atoms with Crippen LogP contribution in [0.1, 0.15) is 181 Å². The Hall–Kier alpha value is -1.06. The smallest absolute Gasteiger partial charge is 0.306 e. The third-order valence-electron chi connectivity index (χ3n) is 7.08. The van der Waals surface area contributed by atoms with Crippen LogP contribution < -0.4 is 0 Å². The van der Waals surface area contributed by atoms with Crippen LogP contribution in [0.15, 0.2) is 0 Å². The minimum absolute atomic E-state index is 0.00755. The normalized spacial score (nSPS) is 12.1. The van der Waals surface area contributed by atoms with Gasteiger partial charge in [0.25, 0.3) is 0 Å². The molecule has 0 saturated carbocycles. The molecule has 0 amide bonds. The Balaban J connectivity index is 3.92. The van der Waals surface area contributed by atoms with E-state index < -0.39 is 5.97 Å². The molecule has 1 atom stereocenters. The summed E-state index contributed by atoms with van der Waals surface area (Å²) in [6.45, 7) is 4.50. The Labute approximate surface area is 218 Å². The number of hydrogen-bond acceptors (Lipinski definition) is 3. The third-order valence-corrected chi connectivity index (χ3v) is 7.08. The van der Waals surface area contributed by atoms with Crippen LogP contribution >= 0.6 is 0 Å². The predicted octanol–water partition coefficient (Wildman–Crippen LogP) is 10.2. The van der Waals surface area contributed by atoms with Gasteiger partial charge in [0.1, 0.15) is 6.10 Å². The number of carboxylic acids is 1. The molecule has 0 aromatic carbocycles. The van der Waals surface area contributed by atoms with Gasteiger partial charge in [0.15, 0.2) is 0 Å². The molecule has 0 fully saturated rings. The van der Waals surface area contributed by atoms with Crippen LogP contribution in [0.2, 0.25) is 0 Å². The summed E-state index contributed by atoms with van der Waals surface area (Å²) in [5.41, 5.74) is 0. The molecule has 0 spiro atoms. The Morgan fingerprint density at radius 1 is 0.514 bits per heavy atom. The zero-order valence-corrected chi connectivity index (χ0v) is 23.6. The van der Waals surface area contributed by atoms with E-state index in [0.29, 0.717) is 6.42 Å². The van der Waals surface area contributed by atoms with E-state index in [2.05, 4.69) is 13.8 Å². The van der Waals surface area contributed by atoms with Gasteiger partial charge in [-0.05, 0) is 38.5 Å². The first kappa shape index (κ1) is 33.9. The monoisotopic (exact) mass is 496 g/mol. The first-order chi connectivity index (χ1) is 17.1. The van der Waals surface area contributed by atoms with Crippen LogP contribution in [0.25, 0.3) is 0 Å². The Morgan fingerprint density at radius 2 is 0.857 bits per heavy atom. The molecule has 0 aromatic heterocycles. The van der Waals surface area contributed by atoms with Gasteiger partial charge in [-0.1, -0.05) is 129 Å². The van der Waals surface area contributed by atoms with Crippen molar-refractivity contribution in [3.63, 3.8) is 0 Å². The molecule has 0 radical (unpaired) electrons. The van der Waals surface area contributed by atoms with Gasteiger partial charge < -0.3 is 9.84 Å². The van der Waals surface area contributed by atoms with Crippen molar-refractivity contribution < 1.29 is 19.4 Å². The van der Waals surface area contributed by atoms with Gasteiger partial charge in [-0.2, -0.15) is 0 Å².